The second kappa shape index (κ2) is 5.16. The molecule has 0 aromatic carbocycles. The van der Waals surface area contributed by atoms with E-state index in [0.717, 1.165) is 18.6 Å². The van der Waals surface area contributed by atoms with Crippen molar-refractivity contribution in [3.05, 3.63) is 0 Å². The van der Waals surface area contributed by atoms with Crippen LogP contribution in [-0.4, -0.2) is 30.9 Å². The summed E-state index contributed by atoms with van der Waals surface area (Å²) in [6, 6.07) is 0. The van der Waals surface area contributed by atoms with E-state index in [9.17, 15) is 4.79 Å². The van der Waals surface area contributed by atoms with Crippen LogP contribution in [0.3, 0.4) is 0 Å². The molecule has 0 spiro atoms. The first kappa shape index (κ1) is 12.0. The fourth-order valence-electron chi connectivity index (χ4n) is 1.03. The normalized spacial score (nSPS) is 15.5. The molecule has 4 heteroatoms. The van der Waals surface area contributed by atoms with Gasteiger partial charge in [-0.05, 0) is 0 Å². The third-order valence-corrected chi connectivity index (χ3v) is 2.21. The highest BCUT2D eigenvalue weighted by molar-refractivity contribution is 5.98. The van der Waals surface area contributed by atoms with E-state index < -0.39 is 0 Å². The van der Waals surface area contributed by atoms with E-state index in [0.29, 0.717) is 6.61 Å². The van der Waals surface area contributed by atoms with E-state index >= 15 is 0 Å². The van der Waals surface area contributed by atoms with E-state index in [1.54, 1.807) is 6.21 Å². The van der Waals surface area contributed by atoms with Gasteiger partial charge in [-0.25, -0.2) is 0 Å². The van der Waals surface area contributed by atoms with Gasteiger partial charge in [0.2, 0.25) is 0 Å². The summed E-state index contributed by atoms with van der Waals surface area (Å²) in [5.74, 6) is 0.132. The molecular formula is C11H18N2O2. The van der Waals surface area contributed by atoms with Gasteiger partial charge < -0.3 is 4.74 Å². The van der Waals surface area contributed by atoms with Crippen molar-refractivity contribution < 1.29 is 9.53 Å². The molecule has 1 heterocycles. The first-order valence-corrected chi connectivity index (χ1v) is 5.18. The van der Waals surface area contributed by atoms with Gasteiger partial charge in [0.1, 0.15) is 6.61 Å². The van der Waals surface area contributed by atoms with Crippen molar-refractivity contribution in [1.29, 1.82) is 0 Å². The molecule has 0 aromatic heterocycles. The first-order chi connectivity index (χ1) is 7.00. The molecule has 15 heavy (non-hydrogen) atoms. The van der Waals surface area contributed by atoms with Crippen LogP contribution in [0.25, 0.3) is 0 Å². The zero-order valence-electron chi connectivity index (χ0n) is 9.62. The Hall–Kier alpha value is -1.03. The lowest BCUT2D eigenvalue weighted by Gasteiger charge is -2.16. The van der Waals surface area contributed by atoms with Crippen molar-refractivity contribution in [2.75, 3.05) is 13.2 Å². The van der Waals surface area contributed by atoms with Crippen molar-refractivity contribution in [2.24, 2.45) is 15.6 Å². The number of hydrogen-bond donors (Lipinski definition) is 0. The summed E-state index contributed by atoms with van der Waals surface area (Å²) in [4.78, 5) is 11.5. The van der Waals surface area contributed by atoms with E-state index in [4.69, 9.17) is 4.74 Å². The average molecular weight is 210 g/mol. The van der Waals surface area contributed by atoms with Gasteiger partial charge in [0.25, 0.3) is 0 Å². The van der Waals surface area contributed by atoms with E-state index in [2.05, 4.69) is 10.2 Å². The Kier molecular flexibility index (Phi) is 4.15. The van der Waals surface area contributed by atoms with E-state index in [1.165, 1.54) is 0 Å². The van der Waals surface area contributed by atoms with Gasteiger partial charge >= 0.3 is 0 Å². The molecule has 1 aliphatic heterocycles. The fraction of sp³-hybridized carbons (Fsp3) is 0.727. The molecule has 4 nitrogen and oxygen atoms in total. The standard InChI is InChI=1S/C11H18N2O2/c1-11(2,3)10(14)8-15-7-5-9-4-6-12-13-9/h6H,4-5,7-8H2,1-3H3. The summed E-state index contributed by atoms with van der Waals surface area (Å²) in [6.07, 6.45) is 3.35. The van der Waals surface area contributed by atoms with Crippen molar-refractivity contribution >= 4 is 17.7 Å². The Morgan fingerprint density at radius 1 is 1.53 bits per heavy atom. The summed E-state index contributed by atoms with van der Waals surface area (Å²) >= 11 is 0. The van der Waals surface area contributed by atoms with Crippen molar-refractivity contribution in [2.45, 2.75) is 33.6 Å². The Morgan fingerprint density at radius 2 is 2.27 bits per heavy atom. The van der Waals surface area contributed by atoms with Crippen molar-refractivity contribution in [3.8, 4) is 0 Å². The smallest absolute Gasteiger partial charge is 0.163 e. The molecule has 0 bridgehead atoms. The lowest BCUT2D eigenvalue weighted by molar-refractivity contribution is -0.130. The van der Waals surface area contributed by atoms with Crippen LogP contribution >= 0.6 is 0 Å². The van der Waals surface area contributed by atoms with Gasteiger partial charge in [0.05, 0.1) is 6.61 Å². The molecule has 0 aromatic rings. The predicted octanol–water partition coefficient (Wildman–Crippen LogP) is 1.84. The topological polar surface area (TPSA) is 51.0 Å². The molecule has 0 saturated heterocycles. The lowest BCUT2D eigenvalue weighted by atomic mass is 9.91. The third-order valence-electron chi connectivity index (χ3n) is 2.21. The maximum atomic E-state index is 11.5. The Balaban J connectivity index is 2.09. The quantitative estimate of drug-likeness (QED) is 0.650. The van der Waals surface area contributed by atoms with Gasteiger partial charge in [-0.1, -0.05) is 20.8 Å². The van der Waals surface area contributed by atoms with Gasteiger partial charge in [0, 0.05) is 30.2 Å². The molecule has 1 rings (SSSR count). The second-order valence-electron chi connectivity index (χ2n) is 4.64. The molecule has 0 radical (unpaired) electrons. The highest BCUT2D eigenvalue weighted by atomic mass is 16.5. The predicted molar refractivity (Wildman–Crippen MR) is 60.4 cm³/mol. The Morgan fingerprint density at radius 3 is 2.80 bits per heavy atom. The molecule has 0 unspecified atom stereocenters. The molecule has 0 atom stereocenters. The zero-order valence-corrected chi connectivity index (χ0v) is 9.62. The summed E-state index contributed by atoms with van der Waals surface area (Å²) in [5.41, 5.74) is 0.715. The number of rotatable bonds is 5. The number of ketones is 1. The molecule has 0 amide bonds. The molecule has 84 valence electrons. The molecule has 0 N–H and O–H groups in total. The molecular weight excluding hydrogens is 192 g/mol. The van der Waals surface area contributed by atoms with Crippen LogP contribution in [0.4, 0.5) is 0 Å². The Bertz CT molecular complexity index is 287. The minimum atomic E-state index is -0.312. The molecule has 0 fully saturated rings. The van der Waals surface area contributed by atoms with Crippen molar-refractivity contribution in [1.82, 2.24) is 0 Å². The van der Waals surface area contributed by atoms with Gasteiger partial charge in [-0.15, -0.1) is 0 Å². The number of Topliss-reactive ketones (excluding diaryl/α,β-unsaturated/α-hetero) is 1. The van der Waals surface area contributed by atoms with Crippen molar-refractivity contribution in [3.63, 3.8) is 0 Å². The maximum absolute atomic E-state index is 11.5. The Labute approximate surface area is 90.4 Å². The summed E-state index contributed by atoms with van der Waals surface area (Å²) < 4.78 is 5.30. The van der Waals surface area contributed by atoms with Crippen LogP contribution in [-0.2, 0) is 9.53 Å². The molecule has 0 saturated carbocycles. The van der Waals surface area contributed by atoms with Crippen LogP contribution in [0.2, 0.25) is 0 Å². The number of hydrogen-bond acceptors (Lipinski definition) is 4. The van der Waals surface area contributed by atoms with Crippen LogP contribution < -0.4 is 0 Å². The van der Waals surface area contributed by atoms with Gasteiger partial charge in [-0.3, -0.25) is 4.79 Å². The first-order valence-electron chi connectivity index (χ1n) is 5.18. The maximum Gasteiger partial charge on any atom is 0.163 e. The number of carbonyl (C=O) groups is 1. The molecule has 0 aliphatic carbocycles. The van der Waals surface area contributed by atoms with Gasteiger partial charge in [-0.2, -0.15) is 10.2 Å². The average Bonchev–Trinajstić information content (AvgIpc) is 2.63. The van der Waals surface area contributed by atoms with E-state index in [1.807, 2.05) is 20.8 Å². The SMILES string of the molecule is CC(C)(C)C(=O)COCCC1=NN=CC1. The van der Waals surface area contributed by atoms with Crippen LogP contribution in [0, 0.1) is 5.41 Å². The highest BCUT2D eigenvalue weighted by Crippen LogP contribution is 2.14. The minimum Gasteiger partial charge on any atom is -0.373 e. The second-order valence-corrected chi connectivity index (χ2v) is 4.64. The number of carbonyl (C=O) groups excluding carboxylic acids is 1. The molecule has 1 aliphatic rings. The van der Waals surface area contributed by atoms with E-state index in [-0.39, 0.29) is 17.8 Å². The summed E-state index contributed by atoms with van der Waals surface area (Å²) in [5, 5.41) is 7.68. The number of ether oxygens (including phenoxy) is 1. The van der Waals surface area contributed by atoms with Crippen LogP contribution in [0.1, 0.15) is 33.6 Å². The fourth-order valence-corrected chi connectivity index (χ4v) is 1.03. The summed E-state index contributed by atoms with van der Waals surface area (Å²) in [7, 11) is 0. The monoisotopic (exact) mass is 210 g/mol. The lowest BCUT2D eigenvalue weighted by Crippen LogP contribution is -2.25. The third kappa shape index (κ3) is 4.34. The van der Waals surface area contributed by atoms with Crippen LogP contribution in [0.15, 0.2) is 10.2 Å². The zero-order chi connectivity index (χ0) is 11.3. The largest absolute Gasteiger partial charge is 0.373 e. The summed E-state index contributed by atoms with van der Waals surface area (Å²) in [6.45, 7) is 6.43. The van der Waals surface area contributed by atoms with Crippen LogP contribution in [0.5, 0.6) is 0 Å². The number of nitrogens with zero attached hydrogens (tertiary/aromatic N) is 2. The highest BCUT2D eigenvalue weighted by Gasteiger charge is 2.20. The minimum absolute atomic E-state index is 0.132. The van der Waals surface area contributed by atoms with Gasteiger partial charge in [0.15, 0.2) is 5.78 Å².